The van der Waals surface area contributed by atoms with E-state index in [2.05, 4.69) is 20.6 Å². The number of amides is 1. The third kappa shape index (κ3) is 5.58. The Hall–Kier alpha value is -4.21. The number of benzene rings is 2. The van der Waals surface area contributed by atoms with Crippen LogP contribution < -0.4 is 16.4 Å². The zero-order valence-corrected chi connectivity index (χ0v) is 18.2. The number of para-hydroxylation sites is 1. The van der Waals surface area contributed by atoms with Crippen molar-refractivity contribution in [2.24, 2.45) is 10.7 Å². The molecule has 0 aliphatic carbocycles. The molecule has 0 aliphatic heterocycles. The molecule has 0 spiro atoms. The van der Waals surface area contributed by atoms with Crippen LogP contribution in [-0.2, 0) is 6.18 Å². The third-order valence-electron chi connectivity index (χ3n) is 4.85. The summed E-state index contributed by atoms with van der Waals surface area (Å²) in [5.74, 6) is -2.10. The molecule has 10 heteroatoms. The highest BCUT2D eigenvalue weighted by atomic mass is 19.4. The molecule has 0 saturated heterocycles. The number of pyridine rings is 1. The molecule has 2 aromatic carbocycles. The van der Waals surface area contributed by atoms with Crippen LogP contribution in [0.5, 0.6) is 0 Å². The lowest BCUT2D eigenvalue weighted by Gasteiger charge is -2.16. The van der Waals surface area contributed by atoms with Crippen LogP contribution in [0.1, 0.15) is 27.0 Å². The zero-order chi connectivity index (χ0) is 24.9. The van der Waals surface area contributed by atoms with Gasteiger partial charge in [0.1, 0.15) is 5.82 Å². The van der Waals surface area contributed by atoms with E-state index in [9.17, 15) is 22.4 Å². The molecule has 3 rings (SSSR count). The molecule has 176 valence electrons. The predicted octanol–water partition coefficient (Wildman–Crippen LogP) is 5.54. The number of rotatable bonds is 6. The molecule has 1 aromatic heterocycles. The molecule has 34 heavy (non-hydrogen) atoms. The third-order valence-corrected chi connectivity index (χ3v) is 4.85. The number of aromatic nitrogens is 1. The number of carbonyl (C=O) groups excluding carboxylic acids is 1. The lowest BCUT2D eigenvalue weighted by molar-refractivity contribution is -0.140. The van der Waals surface area contributed by atoms with Gasteiger partial charge in [-0.3, -0.25) is 9.79 Å². The summed E-state index contributed by atoms with van der Waals surface area (Å²) < 4.78 is 52.9. The number of anilines is 3. The van der Waals surface area contributed by atoms with Gasteiger partial charge in [0.2, 0.25) is 0 Å². The van der Waals surface area contributed by atoms with Gasteiger partial charge in [-0.05, 0) is 42.8 Å². The Labute approximate surface area is 193 Å². The number of halogens is 4. The van der Waals surface area contributed by atoms with Gasteiger partial charge < -0.3 is 16.4 Å². The average Bonchev–Trinajstić information content (AvgIpc) is 2.79. The van der Waals surface area contributed by atoms with Crippen LogP contribution in [-0.4, -0.2) is 24.2 Å². The molecule has 6 nitrogen and oxygen atoms in total. The van der Waals surface area contributed by atoms with Crippen LogP contribution in [0.4, 0.5) is 34.8 Å². The number of nitrogens with zero attached hydrogens (tertiary/aromatic N) is 2. The molecule has 0 unspecified atom stereocenters. The maximum Gasteiger partial charge on any atom is 0.419 e. The Morgan fingerprint density at radius 2 is 1.82 bits per heavy atom. The van der Waals surface area contributed by atoms with Gasteiger partial charge in [-0.25, -0.2) is 9.37 Å². The Kier molecular flexibility index (Phi) is 7.30. The van der Waals surface area contributed by atoms with Crippen molar-refractivity contribution in [1.29, 1.82) is 0 Å². The first kappa shape index (κ1) is 24.4. The second-order valence-electron chi connectivity index (χ2n) is 7.22. The van der Waals surface area contributed by atoms with E-state index in [-0.39, 0.29) is 17.1 Å². The average molecular weight is 471 g/mol. The van der Waals surface area contributed by atoms with Crippen LogP contribution in [0.25, 0.3) is 5.57 Å². The SMILES string of the molecule is CN=C/C(=C\N)c1cnc(Nc2ccccc2C)c(NC(=O)c2ccc(F)c(C(F)(F)F)c2)c1. The Balaban J connectivity index is 2.03. The maximum absolute atomic E-state index is 13.7. The van der Waals surface area contributed by atoms with Crippen LogP contribution in [0.15, 0.2) is 65.9 Å². The van der Waals surface area contributed by atoms with E-state index in [0.717, 1.165) is 11.6 Å². The second-order valence-corrected chi connectivity index (χ2v) is 7.22. The summed E-state index contributed by atoms with van der Waals surface area (Å²) >= 11 is 0. The summed E-state index contributed by atoms with van der Waals surface area (Å²) in [6.45, 7) is 1.87. The topological polar surface area (TPSA) is 92.4 Å². The van der Waals surface area contributed by atoms with Gasteiger partial charge in [-0.15, -0.1) is 0 Å². The standard InChI is InChI=1S/C24H21F4N5O/c1-14-5-3-4-6-20(14)32-22-21(10-16(13-31-22)17(11-29)12-30-2)33-23(34)15-7-8-19(25)18(9-15)24(26,27)28/h3-13H,29H2,1-2H3,(H,31,32)(H,33,34)/b17-11+,30-12?. The summed E-state index contributed by atoms with van der Waals surface area (Å²) in [7, 11) is 1.56. The minimum atomic E-state index is -4.94. The number of aliphatic imine (C=N–C) groups is 1. The number of nitrogens with one attached hydrogen (secondary N) is 2. The van der Waals surface area contributed by atoms with Crippen LogP contribution in [0, 0.1) is 12.7 Å². The number of alkyl halides is 3. The number of hydrogen-bond donors (Lipinski definition) is 3. The maximum atomic E-state index is 13.7. The Morgan fingerprint density at radius 1 is 1.09 bits per heavy atom. The quantitative estimate of drug-likeness (QED) is 0.325. The first-order chi connectivity index (χ1) is 16.1. The number of nitrogens with two attached hydrogens (primary N) is 1. The highest BCUT2D eigenvalue weighted by Gasteiger charge is 2.34. The van der Waals surface area contributed by atoms with Gasteiger partial charge >= 0.3 is 6.18 Å². The van der Waals surface area contributed by atoms with Crippen LogP contribution >= 0.6 is 0 Å². The number of carbonyl (C=O) groups is 1. The molecule has 0 radical (unpaired) electrons. The second kappa shape index (κ2) is 10.2. The van der Waals surface area contributed by atoms with Crippen LogP contribution in [0.3, 0.4) is 0 Å². The van der Waals surface area contributed by atoms with E-state index >= 15 is 0 Å². The van der Waals surface area contributed by atoms with E-state index in [1.54, 1.807) is 19.2 Å². The normalized spacial score (nSPS) is 12.1. The van der Waals surface area contributed by atoms with Crippen molar-refractivity contribution in [3.8, 4) is 0 Å². The fourth-order valence-corrected chi connectivity index (χ4v) is 3.09. The highest BCUT2D eigenvalue weighted by molar-refractivity contribution is 6.11. The molecule has 0 bridgehead atoms. The van der Waals surface area contributed by atoms with E-state index in [0.29, 0.717) is 29.0 Å². The molecule has 1 amide bonds. The van der Waals surface area contributed by atoms with Gasteiger partial charge in [0, 0.05) is 48.0 Å². The first-order valence-corrected chi connectivity index (χ1v) is 9.99. The summed E-state index contributed by atoms with van der Waals surface area (Å²) in [5.41, 5.74) is 6.57. The van der Waals surface area contributed by atoms with Crippen molar-refractivity contribution in [2.45, 2.75) is 13.1 Å². The zero-order valence-electron chi connectivity index (χ0n) is 18.2. The molecule has 3 aromatic rings. The summed E-state index contributed by atoms with van der Waals surface area (Å²) in [6.07, 6.45) is -0.637. The predicted molar refractivity (Wildman–Crippen MR) is 125 cm³/mol. The van der Waals surface area contributed by atoms with E-state index in [1.807, 2.05) is 25.1 Å². The van der Waals surface area contributed by atoms with Gasteiger partial charge in [0.05, 0.1) is 11.3 Å². The lowest BCUT2D eigenvalue weighted by atomic mass is 10.1. The molecule has 0 saturated carbocycles. The fourth-order valence-electron chi connectivity index (χ4n) is 3.09. The van der Waals surface area contributed by atoms with Gasteiger partial charge in [-0.1, -0.05) is 18.2 Å². The van der Waals surface area contributed by atoms with E-state index in [4.69, 9.17) is 5.73 Å². The number of hydrogen-bond acceptors (Lipinski definition) is 5. The van der Waals surface area contributed by atoms with Crippen molar-refractivity contribution in [3.05, 3.63) is 89.0 Å². The highest BCUT2D eigenvalue weighted by Crippen LogP contribution is 2.33. The largest absolute Gasteiger partial charge is 0.419 e. The summed E-state index contributed by atoms with van der Waals surface area (Å²) in [4.78, 5) is 21.1. The smallest absolute Gasteiger partial charge is 0.404 e. The number of allylic oxidation sites excluding steroid dienone is 1. The summed E-state index contributed by atoms with van der Waals surface area (Å²) in [6, 6.07) is 10.9. The molecule has 0 atom stereocenters. The van der Waals surface area contributed by atoms with Crippen molar-refractivity contribution in [3.63, 3.8) is 0 Å². The molecular formula is C24H21F4N5O. The molecule has 1 heterocycles. The van der Waals surface area contributed by atoms with Crippen molar-refractivity contribution in [2.75, 3.05) is 17.7 Å². The van der Waals surface area contributed by atoms with Crippen molar-refractivity contribution in [1.82, 2.24) is 4.98 Å². The van der Waals surface area contributed by atoms with Crippen molar-refractivity contribution < 1.29 is 22.4 Å². The van der Waals surface area contributed by atoms with Crippen LogP contribution in [0.2, 0.25) is 0 Å². The first-order valence-electron chi connectivity index (χ1n) is 9.99. The number of aryl methyl sites for hydroxylation is 1. The van der Waals surface area contributed by atoms with Crippen molar-refractivity contribution >= 4 is 34.9 Å². The van der Waals surface area contributed by atoms with Gasteiger partial charge in [-0.2, -0.15) is 13.2 Å². The fraction of sp³-hybridized carbons (Fsp3) is 0.125. The molecule has 0 fully saturated rings. The van der Waals surface area contributed by atoms with E-state index in [1.165, 1.54) is 18.6 Å². The molecule has 4 N–H and O–H groups in total. The monoisotopic (exact) mass is 471 g/mol. The summed E-state index contributed by atoms with van der Waals surface area (Å²) in [5, 5.41) is 5.67. The minimum absolute atomic E-state index is 0.174. The van der Waals surface area contributed by atoms with Gasteiger partial charge in [0.15, 0.2) is 5.82 Å². The molecule has 0 aliphatic rings. The van der Waals surface area contributed by atoms with E-state index < -0.39 is 23.5 Å². The Bertz CT molecular complexity index is 1270. The minimum Gasteiger partial charge on any atom is -0.404 e. The Morgan fingerprint density at radius 3 is 2.47 bits per heavy atom. The van der Waals surface area contributed by atoms with Gasteiger partial charge in [0.25, 0.3) is 5.91 Å². The molecular weight excluding hydrogens is 450 g/mol. The lowest BCUT2D eigenvalue weighted by Crippen LogP contribution is -2.16.